The number of ether oxygens (including phenoxy) is 1. The molecule has 0 amide bonds. The van der Waals surface area contributed by atoms with Crippen LogP contribution in [-0.2, 0) is 6.42 Å². The molecule has 1 aromatic rings. The van der Waals surface area contributed by atoms with Gasteiger partial charge >= 0.3 is 0 Å². The summed E-state index contributed by atoms with van der Waals surface area (Å²) >= 11 is 5.11. The number of halogens is 1. The second-order valence-corrected chi connectivity index (χ2v) is 5.04. The standard InChI is InChI=1S/C11H15BrO2S/c1-14-10-3-4-11(12)8(6-10)5-9(13)7-15-2/h3-4,6,9,13H,5,7H2,1-2H3. The molecule has 0 bridgehead atoms. The van der Waals surface area contributed by atoms with Crippen LogP contribution in [0.3, 0.4) is 0 Å². The zero-order valence-electron chi connectivity index (χ0n) is 8.87. The predicted molar refractivity (Wildman–Crippen MR) is 68.8 cm³/mol. The van der Waals surface area contributed by atoms with Gasteiger partial charge < -0.3 is 9.84 Å². The van der Waals surface area contributed by atoms with Gasteiger partial charge in [0.25, 0.3) is 0 Å². The lowest BCUT2D eigenvalue weighted by Gasteiger charge is -2.11. The van der Waals surface area contributed by atoms with Crippen molar-refractivity contribution in [3.8, 4) is 5.75 Å². The molecule has 0 saturated heterocycles. The van der Waals surface area contributed by atoms with Gasteiger partial charge in [-0.05, 0) is 30.0 Å². The summed E-state index contributed by atoms with van der Waals surface area (Å²) in [7, 11) is 1.64. The van der Waals surface area contributed by atoms with E-state index < -0.39 is 0 Å². The number of thioether (sulfide) groups is 1. The highest BCUT2D eigenvalue weighted by Gasteiger charge is 2.08. The highest BCUT2D eigenvalue weighted by atomic mass is 79.9. The first kappa shape index (κ1) is 12.9. The Labute approximate surface area is 103 Å². The van der Waals surface area contributed by atoms with E-state index in [-0.39, 0.29) is 6.10 Å². The lowest BCUT2D eigenvalue weighted by molar-refractivity contribution is 0.200. The maximum Gasteiger partial charge on any atom is 0.119 e. The number of rotatable bonds is 5. The molecule has 1 atom stereocenters. The first-order valence-corrected chi connectivity index (χ1v) is 6.85. The summed E-state index contributed by atoms with van der Waals surface area (Å²) in [5, 5.41) is 9.71. The average Bonchev–Trinajstić information content (AvgIpc) is 2.21. The molecule has 0 saturated carbocycles. The van der Waals surface area contributed by atoms with Gasteiger partial charge in [-0.1, -0.05) is 15.9 Å². The number of benzene rings is 1. The molecule has 1 unspecified atom stereocenters. The lowest BCUT2D eigenvalue weighted by atomic mass is 10.1. The topological polar surface area (TPSA) is 29.5 Å². The van der Waals surface area contributed by atoms with Crippen LogP contribution in [0.2, 0.25) is 0 Å². The molecular formula is C11H15BrO2S. The van der Waals surface area contributed by atoms with E-state index in [1.165, 1.54) is 0 Å². The van der Waals surface area contributed by atoms with Gasteiger partial charge in [0, 0.05) is 16.6 Å². The Morgan fingerprint density at radius 1 is 1.53 bits per heavy atom. The van der Waals surface area contributed by atoms with E-state index in [0.717, 1.165) is 21.5 Å². The van der Waals surface area contributed by atoms with Gasteiger partial charge in [0.15, 0.2) is 0 Å². The van der Waals surface area contributed by atoms with Crippen molar-refractivity contribution < 1.29 is 9.84 Å². The van der Waals surface area contributed by atoms with E-state index in [4.69, 9.17) is 4.74 Å². The fourth-order valence-corrected chi connectivity index (χ4v) is 2.25. The minimum Gasteiger partial charge on any atom is -0.497 e. The maximum absolute atomic E-state index is 9.71. The number of hydrogen-bond acceptors (Lipinski definition) is 3. The number of aliphatic hydroxyl groups excluding tert-OH is 1. The molecule has 1 aromatic carbocycles. The average molecular weight is 291 g/mol. The molecule has 15 heavy (non-hydrogen) atoms. The van der Waals surface area contributed by atoms with Crippen LogP contribution in [0.4, 0.5) is 0 Å². The number of methoxy groups -OCH3 is 1. The van der Waals surface area contributed by atoms with Crippen molar-refractivity contribution >= 4 is 27.7 Å². The van der Waals surface area contributed by atoms with Gasteiger partial charge in [-0.25, -0.2) is 0 Å². The van der Waals surface area contributed by atoms with Gasteiger partial charge in [-0.3, -0.25) is 0 Å². The van der Waals surface area contributed by atoms with Gasteiger partial charge in [-0.15, -0.1) is 0 Å². The van der Waals surface area contributed by atoms with Crippen LogP contribution in [-0.4, -0.2) is 30.3 Å². The molecule has 0 aliphatic rings. The Hall–Kier alpha value is -0.190. The molecule has 0 fully saturated rings. The van der Waals surface area contributed by atoms with Gasteiger partial charge in [0.05, 0.1) is 13.2 Å². The summed E-state index contributed by atoms with van der Waals surface area (Å²) in [6.07, 6.45) is 2.34. The lowest BCUT2D eigenvalue weighted by Crippen LogP contribution is -2.13. The minimum absolute atomic E-state index is 0.302. The van der Waals surface area contributed by atoms with E-state index in [2.05, 4.69) is 15.9 Å². The van der Waals surface area contributed by atoms with E-state index in [0.29, 0.717) is 6.42 Å². The quantitative estimate of drug-likeness (QED) is 0.904. The number of hydrogen-bond donors (Lipinski definition) is 1. The van der Waals surface area contributed by atoms with Crippen molar-refractivity contribution in [3.63, 3.8) is 0 Å². The van der Waals surface area contributed by atoms with Crippen molar-refractivity contribution in [1.82, 2.24) is 0 Å². The van der Waals surface area contributed by atoms with Crippen molar-refractivity contribution in [1.29, 1.82) is 0 Å². The predicted octanol–water partition coefficient (Wildman–Crippen LogP) is 2.72. The van der Waals surface area contributed by atoms with E-state index >= 15 is 0 Å². The smallest absolute Gasteiger partial charge is 0.119 e. The zero-order valence-corrected chi connectivity index (χ0v) is 11.3. The molecule has 1 N–H and O–H groups in total. The van der Waals surface area contributed by atoms with Crippen LogP contribution in [0.5, 0.6) is 5.75 Å². The van der Waals surface area contributed by atoms with Crippen LogP contribution >= 0.6 is 27.7 Å². The van der Waals surface area contributed by atoms with Gasteiger partial charge in [0.1, 0.15) is 5.75 Å². The summed E-state index contributed by atoms with van der Waals surface area (Å²) in [5.74, 6) is 1.58. The van der Waals surface area contributed by atoms with E-state index in [1.54, 1.807) is 18.9 Å². The van der Waals surface area contributed by atoms with Crippen LogP contribution in [0.1, 0.15) is 5.56 Å². The molecule has 0 aromatic heterocycles. The molecule has 1 rings (SSSR count). The molecule has 84 valence electrons. The Morgan fingerprint density at radius 3 is 2.87 bits per heavy atom. The van der Waals surface area contributed by atoms with Crippen molar-refractivity contribution in [2.24, 2.45) is 0 Å². The third-order valence-electron chi connectivity index (χ3n) is 2.07. The van der Waals surface area contributed by atoms with E-state index in [1.807, 2.05) is 24.5 Å². The normalized spacial score (nSPS) is 12.5. The van der Waals surface area contributed by atoms with Gasteiger partial charge in [0.2, 0.25) is 0 Å². The van der Waals surface area contributed by atoms with Gasteiger partial charge in [-0.2, -0.15) is 11.8 Å². The Morgan fingerprint density at radius 2 is 2.27 bits per heavy atom. The minimum atomic E-state index is -0.302. The monoisotopic (exact) mass is 290 g/mol. The second kappa shape index (κ2) is 6.40. The molecule has 0 aliphatic carbocycles. The Balaban J connectivity index is 2.74. The highest BCUT2D eigenvalue weighted by molar-refractivity contribution is 9.10. The summed E-state index contributed by atoms with van der Waals surface area (Å²) in [6.45, 7) is 0. The largest absolute Gasteiger partial charge is 0.497 e. The summed E-state index contributed by atoms with van der Waals surface area (Å²) < 4.78 is 6.16. The second-order valence-electron chi connectivity index (χ2n) is 3.27. The first-order chi connectivity index (χ1) is 7.17. The van der Waals surface area contributed by atoms with E-state index in [9.17, 15) is 5.11 Å². The van der Waals surface area contributed by atoms with Crippen molar-refractivity contribution in [2.45, 2.75) is 12.5 Å². The summed E-state index contributed by atoms with van der Waals surface area (Å²) in [5.41, 5.74) is 1.08. The Bertz CT molecular complexity index is 317. The third-order valence-corrected chi connectivity index (χ3v) is 3.56. The Kier molecular flexibility index (Phi) is 5.50. The fourth-order valence-electron chi connectivity index (χ4n) is 1.34. The molecule has 0 spiro atoms. The first-order valence-electron chi connectivity index (χ1n) is 4.66. The van der Waals surface area contributed by atoms with Crippen LogP contribution in [0, 0.1) is 0 Å². The molecule has 0 aliphatic heterocycles. The summed E-state index contributed by atoms with van der Waals surface area (Å²) in [4.78, 5) is 0. The molecule has 0 radical (unpaired) electrons. The SMILES string of the molecule is COc1ccc(Br)c(CC(O)CSC)c1. The third kappa shape index (κ3) is 4.05. The van der Waals surface area contributed by atoms with Crippen molar-refractivity contribution in [3.05, 3.63) is 28.2 Å². The fraction of sp³-hybridized carbons (Fsp3) is 0.455. The van der Waals surface area contributed by atoms with Crippen LogP contribution in [0.25, 0.3) is 0 Å². The van der Waals surface area contributed by atoms with Crippen molar-refractivity contribution in [2.75, 3.05) is 19.1 Å². The van der Waals surface area contributed by atoms with Crippen LogP contribution < -0.4 is 4.74 Å². The molecule has 0 heterocycles. The highest BCUT2D eigenvalue weighted by Crippen LogP contribution is 2.24. The molecule has 2 nitrogen and oxygen atoms in total. The summed E-state index contributed by atoms with van der Waals surface area (Å²) in [6, 6.07) is 5.79. The van der Waals surface area contributed by atoms with Crippen LogP contribution in [0.15, 0.2) is 22.7 Å². The molecular weight excluding hydrogens is 276 g/mol. The number of aliphatic hydroxyl groups is 1. The zero-order chi connectivity index (χ0) is 11.3. The molecule has 4 heteroatoms. The maximum atomic E-state index is 9.71.